The van der Waals surface area contributed by atoms with Crippen LogP contribution in [-0.4, -0.2) is 102 Å². The first-order chi connectivity index (χ1) is 17.9. The Morgan fingerprint density at radius 1 is 1.24 bits per heavy atom. The number of aliphatic hydroxyl groups excluding tert-OH is 1. The molecule has 4 heterocycles. The fraction of sp³-hybridized carbons (Fsp3) is 0.462. The number of rotatable bonds is 8. The standard InChI is InChI=1S/C26H32N6O5/c1-15-11-31(12-16(2)37-15)13-17(33)14-36-20-7-6-19-21(23(20)35-3)30-26(32-10-9-29-25(19)32)22-18(24(27)34)5-4-8-28-22/h4-8,15-17,33H,9-14H2,1-3H3,(H2,27,34)/t15-,16+,17-/m0/s1. The van der Waals surface area contributed by atoms with Crippen molar-refractivity contribution in [3.63, 3.8) is 0 Å². The van der Waals surface area contributed by atoms with Crippen LogP contribution < -0.4 is 15.2 Å². The Kier molecular flexibility index (Phi) is 7.09. The highest BCUT2D eigenvalue weighted by atomic mass is 16.5. The molecule has 1 amide bonds. The summed E-state index contributed by atoms with van der Waals surface area (Å²) in [5, 5.41) is 10.7. The van der Waals surface area contributed by atoms with Gasteiger partial charge in [0.1, 0.15) is 29.9 Å². The van der Waals surface area contributed by atoms with Gasteiger partial charge in [-0.25, -0.2) is 4.99 Å². The smallest absolute Gasteiger partial charge is 0.251 e. The lowest BCUT2D eigenvalue weighted by Crippen LogP contribution is -2.48. The average Bonchev–Trinajstić information content (AvgIpc) is 3.36. The molecule has 1 saturated heterocycles. The zero-order valence-corrected chi connectivity index (χ0v) is 21.3. The van der Waals surface area contributed by atoms with Gasteiger partial charge in [0.05, 0.1) is 31.4 Å². The summed E-state index contributed by atoms with van der Waals surface area (Å²) in [6.45, 7) is 7.35. The molecule has 0 unspecified atom stereocenters. The monoisotopic (exact) mass is 508 g/mol. The second-order valence-corrected chi connectivity index (χ2v) is 9.49. The van der Waals surface area contributed by atoms with Gasteiger partial charge in [0.15, 0.2) is 17.3 Å². The van der Waals surface area contributed by atoms with Crippen LogP contribution in [0.1, 0.15) is 35.5 Å². The van der Waals surface area contributed by atoms with Gasteiger partial charge in [0.25, 0.3) is 5.91 Å². The summed E-state index contributed by atoms with van der Waals surface area (Å²) >= 11 is 0. The number of hydrogen-bond acceptors (Lipinski definition) is 10. The number of aliphatic imine (C=N–C) groups is 2. The number of carbonyl (C=O) groups is 1. The number of hydrogen-bond donors (Lipinski definition) is 2. The minimum absolute atomic E-state index is 0.0883. The van der Waals surface area contributed by atoms with E-state index >= 15 is 0 Å². The summed E-state index contributed by atoms with van der Waals surface area (Å²) in [6, 6.07) is 6.98. The van der Waals surface area contributed by atoms with Gasteiger partial charge in [0, 0.05) is 37.9 Å². The normalized spacial score (nSPS) is 22.0. The van der Waals surface area contributed by atoms with E-state index in [1.54, 1.807) is 31.5 Å². The van der Waals surface area contributed by atoms with Gasteiger partial charge >= 0.3 is 0 Å². The summed E-state index contributed by atoms with van der Waals surface area (Å²) in [7, 11) is 1.54. The molecule has 3 atom stereocenters. The number of benzene rings is 1. The van der Waals surface area contributed by atoms with Crippen LogP contribution in [0, 0.1) is 0 Å². The van der Waals surface area contributed by atoms with Crippen molar-refractivity contribution >= 4 is 23.3 Å². The molecule has 11 nitrogen and oxygen atoms in total. The van der Waals surface area contributed by atoms with Gasteiger partial charge in [0.2, 0.25) is 0 Å². The molecule has 5 rings (SSSR count). The number of amidine groups is 2. The number of pyridine rings is 1. The van der Waals surface area contributed by atoms with Crippen LogP contribution in [-0.2, 0) is 4.74 Å². The molecule has 1 aromatic heterocycles. The van der Waals surface area contributed by atoms with Crippen LogP contribution >= 0.6 is 0 Å². The van der Waals surface area contributed by atoms with Crippen LogP contribution in [0.2, 0.25) is 0 Å². The topological polar surface area (TPSA) is 135 Å². The molecule has 3 aliphatic heterocycles. The predicted octanol–water partition coefficient (Wildman–Crippen LogP) is 1.19. The van der Waals surface area contributed by atoms with Crippen molar-refractivity contribution in [3.05, 3.63) is 47.3 Å². The number of aliphatic hydroxyl groups is 1. The van der Waals surface area contributed by atoms with E-state index in [1.807, 2.05) is 24.8 Å². The van der Waals surface area contributed by atoms with E-state index < -0.39 is 12.0 Å². The molecule has 37 heavy (non-hydrogen) atoms. The molecule has 2 aromatic rings. The zero-order valence-electron chi connectivity index (χ0n) is 21.3. The molecule has 196 valence electrons. The number of nitrogens with zero attached hydrogens (tertiary/aromatic N) is 5. The van der Waals surface area contributed by atoms with E-state index in [4.69, 9.17) is 24.9 Å². The maximum atomic E-state index is 12.1. The molecular weight excluding hydrogens is 476 g/mol. The molecule has 0 bridgehead atoms. The number of β-amino-alcohol motifs (C(OH)–C–C–N with tert-alkyl or cyclic N) is 1. The molecule has 1 fully saturated rings. The quantitative estimate of drug-likeness (QED) is 0.543. The molecule has 0 spiro atoms. The lowest BCUT2D eigenvalue weighted by molar-refractivity contribution is -0.0787. The molecule has 0 aliphatic carbocycles. The van der Waals surface area contributed by atoms with Crippen LogP contribution in [0.3, 0.4) is 0 Å². The Labute approximate surface area is 215 Å². The Hall–Kier alpha value is -3.54. The number of methoxy groups -OCH3 is 1. The first kappa shape index (κ1) is 25.1. The minimum Gasteiger partial charge on any atom is -0.491 e. The Bertz CT molecular complexity index is 1240. The van der Waals surface area contributed by atoms with E-state index in [2.05, 4.69) is 14.9 Å². The molecule has 1 aromatic carbocycles. The third kappa shape index (κ3) is 5.02. The third-order valence-corrected chi connectivity index (χ3v) is 6.53. The summed E-state index contributed by atoms with van der Waals surface area (Å²) < 4.78 is 17.5. The van der Waals surface area contributed by atoms with E-state index in [9.17, 15) is 9.90 Å². The number of amides is 1. The fourth-order valence-electron chi connectivity index (χ4n) is 5.14. The number of morpholine rings is 1. The highest BCUT2D eigenvalue weighted by Gasteiger charge is 2.35. The van der Waals surface area contributed by atoms with Crippen molar-refractivity contribution < 1.29 is 24.1 Å². The van der Waals surface area contributed by atoms with E-state index in [0.717, 1.165) is 24.5 Å². The number of fused-ring (bicyclic) bond motifs is 3. The lowest BCUT2D eigenvalue weighted by atomic mass is 10.0. The van der Waals surface area contributed by atoms with Gasteiger partial charge in [-0.05, 0) is 38.1 Å². The van der Waals surface area contributed by atoms with Crippen molar-refractivity contribution in [3.8, 4) is 11.5 Å². The molecule has 0 saturated carbocycles. The number of primary amides is 1. The molecule has 3 N–H and O–H groups in total. The molecule has 3 aliphatic rings. The van der Waals surface area contributed by atoms with Crippen molar-refractivity contribution in [2.75, 3.05) is 46.4 Å². The Morgan fingerprint density at radius 2 is 2.03 bits per heavy atom. The summed E-state index contributed by atoms with van der Waals surface area (Å²) in [5.74, 6) is 1.49. The molecular formula is C26H32N6O5. The Morgan fingerprint density at radius 3 is 2.76 bits per heavy atom. The maximum Gasteiger partial charge on any atom is 0.251 e. The average molecular weight is 509 g/mol. The number of aromatic nitrogens is 1. The SMILES string of the molecule is COc1c(OC[C@@H](O)CN2C[C@@H](C)O[C@@H](C)C2)ccc2c1N=C(c1ncccc1C(N)=O)N1CCN=C21. The van der Waals surface area contributed by atoms with Crippen molar-refractivity contribution in [2.45, 2.75) is 32.2 Å². The second-order valence-electron chi connectivity index (χ2n) is 9.49. The van der Waals surface area contributed by atoms with Gasteiger partial charge in [-0.1, -0.05) is 0 Å². The zero-order chi connectivity index (χ0) is 26.1. The summed E-state index contributed by atoms with van der Waals surface area (Å²) in [6.07, 6.45) is 1.15. The predicted molar refractivity (Wildman–Crippen MR) is 138 cm³/mol. The van der Waals surface area contributed by atoms with E-state index in [1.165, 1.54) is 0 Å². The highest BCUT2D eigenvalue weighted by molar-refractivity contribution is 6.22. The van der Waals surface area contributed by atoms with Gasteiger partial charge < -0.3 is 30.0 Å². The van der Waals surface area contributed by atoms with Crippen LogP contribution in [0.15, 0.2) is 40.4 Å². The Balaban J connectivity index is 1.43. The molecule has 11 heteroatoms. The highest BCUT2D eigenvalue weighted by Crippen LogP contribution is 2.44. The fourth-order valence-corrected chi connectivity index (χ4v) is 5.14. The summed E-state index contributed by atoms with van der Waals surface area (Å²) in [4.78, 5) is 30.2. The van der Waals surface area contributed by atoms with Crippen molar-refractivity contribution in [1.29, 1.82) is 0 Å². The number of ether oxygens (including phenoxy) is 3. The maximum absolute atomic E-state index is 12.1. The van der Waals surface area contributed by atoms with Gasteiger partial charge in [-0.15, -0.1) is 0 Å². The second kappa shape index (κ2) is 10.4. The molecule has 0 radical (unpaired) electrons. The largest absolute Gasteiger partial charge is 0.491 e. The van der Waals surface area contributed by atoms with Crippen molar-refractivity contribution in [2.24, 2.45) is 15.7 Å². The minimum atomic E-state index is -0.696. The van der Waals surface area contributed by atoms with Gasteiger partial charge in [-0.3, -0.25) is 19.7 Å². The van der Waals surface area contributed by atoms with Crippen LogP contribution in [0.4, 0.5) is 5.69 Å². The first-order valence-electron chi connectivity index (χ1n) is 12.4. The number of nitrogens with two attached hydrogens (primary N) is 1. The van der Waals surface area contributed by atoms with Crippen LogP contribution in [0.25, 0.3) is 0 Å². The summed E-state index contributed by atoms with van der Waals surface area (Å²) in [5.41, 5.74) is 7.60. The van der Waals surface area contributed by atoms with Gasteiger partial charge in [-0.2, -0.15) is 0 Å². The third-order valence-electron chi connectivity index (χ3n) is 6.53. The van der Waals surface area contributed by atoms with E-state index in [-0.39, 0.29) is 24.4 Å². The lowest BCUT2D eigenvalue weighted by Gasteiger charge is -2.36. The van der Waals surface area contributed by atoms with E-state index in [0.29, 0.717) is 48.4 Å². The first-order valence-corrected chi connectivity index (χ1v) is 12.4. The van der Waals surface area contributed by atoms with Crippen molar-refractivity contribution in [1.82, 2.24) is 14.8 Å². The van der Waals surface area contributed by atoms with Crippen LogP contribution in [0.5, 0.6) is 11.5 Å². The number of carbonyl (C=O) groups excluding carboxylic acids is 1.